The van der Waals surface area contributed by atoms with Gasteiger partial charge in [-0.05, 0) is 13.5 Å². The molecule has 0 saturated carbocycles. The van der Waals surface area contributed by atoms with E-state index in [4.69, 9.17) is 4.74 Å². The third-order valence-electron chi connectivity index (χ3n) is 2.18. The van der Waals surface area contributed by atoms with Crippen LogP contribution in [0.5, 0.6) is 0 Å². The molecular formula is C11H26N2O. The highest BCUT2D eigenvalue weighted by Crippen LogP contribution is 1.88. The molecule has 0 bridgehead atoms. The van der Waals surface area contributed by atoms with Crippen LogP contribution in [-0.2, 0) is 4.74 Å². The van der Waals surface area contributed by atoms with Crippen LogP contribution in [0.15, 0.2) is 0 Å². The molecule has 0 heterocycles. The average Bonchev–Trinajstić information content (AvgIpc) is 2.15. The van der Waals surface area contributed by atoms with Crippen LogP contribution in [0.2, 0.25) is 0 Å². The molecule has 0 fully saturated rings. The summed E-state index contributed by atoms with van der Waals surface area (Å²) in [5.41, 5.74) is 0. The smallest absolute Gasteiger partial charge is 0.0593 e. The molecule has 0 aliphatic rings. The molecule has 86 valence electrons. The predicted molar refractivity (Wildman–Crippen MR) is 61.7 cm³/mol. The van der Waals surface area contributed by atoms with Crippen molar-refractivity contribution >= 4 is 0 Å². The van der Waals surface area contributed by atoms with Gasteiger partial charge in [0.25, 0.3) is 0 Å². The first kappa shape index (κ1) is 13.9. The number of hydrogen-bond acceptors (Lipinski definition) is 3. The summed E-state index contributed by atoms with van der Waals surface area (Å²) in [6.07, 6.45) is 0. The van der Waals surface area contributed by atoms with E-state index in [1.807, 2.05) is 6.92 Å². The highest BCUT2D eigenvalue weighted by molar-refractivity contribution is 4.59. The minimum Gasteiger partial charge on any atom is -0.380 e. The second kappa shape index (κ2) is 9.44. The normalized spacial score (nSPS) is 11.6. The van der Waals surface area contributed by atoms with Gasteiger partial charge < -0.3 is 15.0 Å². The minimum absolute atomic E-state index is 0.584. The van der Waals surface area contributed by atoms with Crippen molar-refractivity contribution in [3.63, 3.8) is 0 Å². The molecule has 0 aromatic carbocycles. The molecule has 0 amide bonds. The summed E-state index contributed by atoms with van der Waals surface area (Å²) in [5.74, 6) is 0. The molecule has 14 heavy (non-hydrogen) atoms. The van der Waals surface area contributed by atoms with Crippen LogP contribution in [0.3, 0.4) is 0 Å². The van der Waals surface area contributed by atoms with Crippen LogP contribution in [0, 0.1) is 0 Å². The van der Waals surface area contributed by atoms with E-state index in [9.17, 15) is 0 Å². The lowest BCUT2D eigenvalue weighted by molar-refractivity contribution is 0.115. The van der Waals surface area contributed by atoms with E-state index in [1.165, 1.54) is 0 Å². The molecule has 3 nitrogen and oxygen atoms in total. The molecule has 0 aromatic heterocycles. The lowest BCUT2D eigenvalue weighted by atomic mass is 10.4. The summed E-state index contributed by atoms with van der Waals surface area (Å²) in [4.78, 5) is 2.41. The number of ether oxygens (including phenoxy) is 1. The highest BCUT2D eigenvalue weighted by Gasteiger charge is 2.01. The Morgan fingerprint density at radius 1 is 1.21 bits per heavy atom. The highest BCUT2D eigenvalue weighted by atomic mass is 16.5. The number of rotatable bonds is 9. The first-order valence-corrected chi connectivity index (χ1v) is 5.74. The fourth-order valence-electron chi connectivity index (χ4n) is 1.28. The van der Waals surface area contributed by atoms with Gasteiger partial charge in [0, 0.05) is 32.3 Å². The molecule has 0 aromatic rings. The van der Waals surface area contributed by atoms with E-state index in [2.05, 4.69) is 31.0 Å². The standard InChI is InChI=1S/C11H26N2O/c1-5-13(9-10-14-6-2)8-7-12-11(3)4/h11-12H,5-10H2,1-4H3. The molecule has 0 radical (unpaired) electrons. The SMILES string of the molecule is CCOCCN(CC)CCNC(C)C. The number of nitrogens with one attached hydrogen (secondary N) is 1. The lowest BCUT2D eigenvalue weighted by Gasteiger charge is -2.21. The van der Waals surface area contributed by atoms with Gasteiger partial charge in [0.05, 0.1) is 6.61 Å². The number of hydrogen-bond donors (Lipinski definition) is 1. The second-order valence-electron chi connectivity index (χ2n) is 3.74. The quantitative estimate of drug-likeness (QED) is 0.571. The van der Waals surface area contributed by atoms with Crippen LogP contribution < -0.4 is 5.32 Å². The fourth-order valence-corrected chi connectivity index (χ4v) is 1.28. The summed E-state index contributed by atoms with van der Waals surface area (Å²) in [7, 11) is 0. The van der Waals surface area contributed by atoms with E-state index in [0.717, 1.165) is 39.4 Å². The van der Waals surface area contributed by atoms with Gasteiger partial charge in [0.1, 0.15) is 0 Å². The number of nitrogens with zero attached hydrogens (tertiary/aromatic N) is 1. The minimum atomic E-state index is 0.584. The Hall–Kier alpha value is -0.120. The monoisotopic (exact) mass is 202 g/mol. The van der Waals surface area contributed by atoms with Crippen LogP contribution in [0.1, 0.15) is 27.7 Å². The van der Waals surface area contributed by atoms with E-state index in [-0.39, 0.29) is 0 Å². The Kier molecular flexibility index (Phi) is 9.35. The van der Waals surface area contributed by atoms with E-state index in [0.29, 0.717) is 6.04 Å². The first-order valence-electron chi connectivity index (χ1n) is 5.74. The van der Waals surface area contributed by atoms with Gasteiger partial charge in [-0.1, -0.05) is 20.8 Å². The zero-order valence-electron chi connectivity index (χ0n) is 10.2. The van der Waals surface area contributed by atoms with Crippen LogP contribution >= 0.6 is 0 Å². The Balaban J connectivity index is 3.38. The van der Waals surface area contributed by atoms with Crippen molar-refractivity contribution in [3.05, 3.63) is 0 Å². The third-order valence-corrected chi connectivity index (χ3v) is 2.18. The molecule has 0 atom stereocenters. The van der Waals surface area contributed by atoms with Gasteiger partial charge in [0.2, 0.25) is 0 Å². The average molecular weight is 202 g/mol. The maximum atomic E-state index is 5.33. The third kappa shape index (κ3) is 8.48. The summed E-state index contributed by atoms with van der Waals surface area (Å²) in [6.45, 7) is 14.6. The zero-order chi connectivity index (χ0) is 10.8. The van der Waals surface area contributed by atoms with Gasteiger partial charge in [-0.15, -0.1) is 0 Å². The molecule has 0 saturated heterocycles. The Morgan fingerprint density at radius 2 is 1.93 bits per heavy atom. The van der Waals surface area contributed by atoms with Gasteiger partial charge in [-0.3, -0.25) is 0 Å². The summed E-state index contributed by atoms with van der Waals surface area (Å²) >= 11 is 0. The maximum Gasteiger partial charge on any atom is 0.0593 e. The predicted octanol–water partition coefficient (Wildman–Crippen LogP) is 1.34. The summed E-state index contributed by atoms with van der Waals surface area (Å²) < 4.78 is 5.33. The summed E-state index contributed by atoms with van der Waals surface area (Å²) in [5, 5.41) is 3.42. The van der Waals surface area contributed by atoms with Gasteiger partial charge in [0.15, 0.2) is 0 Å². The Bertz CT molecular complexity index is 118. The Morgan fingerprint density at radius 3 is 2.43 bits per heavy atom. The van der Waals surface area contributed by atoms with Crippen LogP contribution in [-0.4, -0.2) is 50.3 Å². The molecule has 3 heteroatoms. The molecule has 0 rings (SSSR count). The van der Waals surface area contributed by atoms with Crippen LogP contribution in [0.25, 0.3) is 0 Å². The molecule has 0 aliphatic heterocycles. The van der Waals surface area contributed by atoms with Gasteiger partial charge in [-0.2, -0.15) is 0 Å². The van der Waals surface area contributed by atoms with Crippen molar-refractivity contribution < 1.29 is 4.74 Å². The molecular weight excluding hydrogens is 176 g/mol. The topological polar surface area (TPSA) is 24.5 Å². The Labute approximate surface area is 88.8 Å². The van der Waals surface area contributed by atoms with Crippen molar-refractivity contribution in [2.24, 2.45) is 0 Å². The van der Waals surface area contributed by atoms with Crippen molar-refractivity contribution in [3.8, 4) is 0 Å². The van der Waals surface area contributed by atoms with E-state index in [1.54, 1.807) is 0 Å². The van der Waals surface area contributed by atoms with Crippen molar-refractivity contribution in [1.29, 1.82) is 0 Å². The number of likely N-dealkylation sites (N-methyl/N-ethyl adjacent to an activating group) is 1. The lowest BCUT2D eigenvalue weighted by Crippen LogP contribution is -2.36. The first-order chi connectivity index (χ1) is 6.70. The van der Waals surface area contributed by atoms with Crippen molar-refractivity contribution in [2.75, 3.05) is 39.4 Å². The fraction of sp³-hybridized carbons (Fsp3) is 1.00. The summed E-state index contributed by atoms with van der Waals surface area (Å²) in [6, 6.07) is 0.584. The molecule has 1 N–H and O–H groups in total. The second-order valence-corrected chi connectivity index (χ2v) is 3.74. The van der Waals surface area contributed by atoms with Gasteiger partial charge in [-0.25, -0.2) is 0 Å². The van der Waals surface area contributed by atoms with E-state index >= 15 is 0 Å². The maximum absolute atomic E-state index is 5.33. The van der Waals surface area contributed by atoms with Crippen molar-refractivity contribution in [1.82, 2.24) is 10.2 Å². The largest absolute Gasteiger partial charge is 0.380 e. The van der Waals surface area contributed by atoms with E-state index < -0.39 is 0 Å². The molecule has 0 aliphatic carbocycles. The van der Waals surface area contributed by atoms with Crippen molar-refractivity contribution in [2.45, 2.75) is 33.7 Å². The van der Waals surface area contributed by atoms with Gasteiger partial charge >= 0.3 is 0 Å². The molecule has 0 spiro atoms. The van der Waals surface area contributed by atoms with Crippen LogP contribution in [0.4, 0.5) is 0 Å². The molecule has 0 unspecified atom stereocenters. The zero-order valence-corrected chi connectivity index (χ0v) is 10.2.